The molecule has 3 atom stereocenters. The smallest absolute Gasteiger partial charge is 0.248 e. The summed E-state index contributed by atoms with van der Waals surface area (Å²) in [6.07, 6.45) is 0.0933. The predicted molar refractivity (Wildman–Crippen MR) is 85.5 cm³/mol. The summed E-state index contributed by atoms with van der Waals surface area (Å²) in [4.78, 5) is 50.3. The number of carbonyl (C=O) groups excluding carboxylic acids is 4. The van der Waals surface area contributed by atoms with E-state index in [4.69, 9.17) is 5.73 Å². The van der Waals surface area contributed by atoms with Crippen molar-refractivity contribution in [3.8, 4) is 0 Å². The minimum atomic E-state index is -1.23. The highest BCUT2D eigenvalue weighted by Gasteiger charge is 2.46. The number of likely N-dealkylation sites (tertiary alicyclic amines) is 1. The second kappa shape index (κ2) is 7.61. The van der Waals surface area contributed by atoms with Gasteiger partial charge in [-0.2, -0.15) is 0 Å². The van der Waals surface area contributed by atoms with Gasteiger partial charge in [0.2, 0.25) is 23.6 Å². The molecule has 0 bridgehead atoms. The molecule has 0 aromatic rings. The molecule has 0 aromatic carbocycles. The lowest BCUT2D eigenvalue weighted by molar-refractivity contribution is -0.149. The molecule has 1 unspecified atom stereocenters. The van der Waals surface area contributed by atoms with Gasteiger partial charge in [-0.15, -0.1) is 0 Å². The molecule has 0 aromatic heterocycles. The predicted octanol–water partition coefficient (Wildman–Crippen LogP) is -1.80. The number of rotatable bonds is 6. The lowest BCUT2D eigenvalue weighted by Gasteiger charge is -2.36. The SMILES string of the molecule is CC(=O)N1CCCC1(C)C(=O)N(C)CC(=O)N[C@H](C(N)=O)[C@@H](C)O. The molecular weight excluding hydrogens is 316 g/mol. The molecule has 4 amide bonds. The molecule has 9 nitrogen and oxygen atoms in total. The summed E-state index contributed by atoms with van der Waals surface area (Å²) in [5, 5.41) is 11.7. The van der Waals surface area contributed by atoms with E-state index in [1.54, 1.807) is 6.92 Å². The van der Waals surface area contributed by atoms with Crippen molar-refractivity contribution in [1.82, 2.24) is 15.1 Å². The van der Waals surface area contributed by atoms with Crippen LogP contribution in [0.2, 0.25) is 0 Å². The summed E-state index contributed by atoms with van der Waals surface area (Å²) in [5.41, 5.74) is 4.13. The van der Waals surface area contributed by atoms with Crippen molar-refractivity contribution >= 4 is 23.6 Å². The molecule has 1 aliphatic heterocycles. The van der Waals surface area contributed by atoms with Gasteiger partial charge >= 0.3 is 0 Å². The van der Waals surface area contributed by atoms with Crippen molar-refractivity contribution in [2.75, 3.05) is 20.1 Å². The average molecular weight is 342 g/mol. The first-order valence-electron chi connectivity index (χ1n) is 7.81. The van der Waals surface area contributed by atoms with Crippen LogP contribution < -0.4 is 11.1 Å². The van der Waals surface area contributed by atoms with Gasteiger partial charge in [0, 0.05) is 20.5 Å². The highest BCUT2D eigenvalue weighted by atomic mass is 16.3. The molecule has 1 saturated heterocycles. The Balaban J connectivity index is 2.74. The number of amides is 4. The maximum Gasteiger partial charge on any atom is 0.248 e. The zero-order valence-electron chi connectivity index (χ0n) is 14.5. The maximum atomic E-state index is 12.7. The molecule has 9 heteroatoms. The van der Waals surface area contributed by atoms with E-state index in [2.05, 4.69) is 5.32 Å². The van der Waals surface area contributed by atoms with Crippen LogP contribution in [0.25, 0.3) is 0 Å². The Morgan fingerprint density at radius 3 is 2.42 bits per heavy atom. The van der Waals surface area contributed by atoms with Gasteiger partial charge in [0.1, 0.15) is 11.6 Å². The van der Waals surface area contributed by atoms with Gasteiger partial charge < -0.3 is 26.0 Å². The minimum absolute atomic E-state index is 0.191. The first-order valence-corrected chi connectivity index (χ1v) is 7.81. The van der Waals surface area contributed by atoms with Gasteiger partial charge in [-0.25, -0.2) is 0 Å². The molecule has 4 N–H and O–H groups in total. The molecule has 0 aliphatic carbocycles. The monoisotopic (exact) mass is 342 g/mol. The molecule has 0 spiro atoms. The number of primary amides is 1. The number of aliphatic hydroxyl groups is 1. The van der Waals surface area contributed by atoms with E-state index >= 15 is 0 Å². The van der Waals surface area contributed by atoms with E-state index < -0.39 is 29.5 Å². The van der Waals surface area contributed by atoms with Gasteiger partial charge in [-0.05, 0) is 26.7 Å². The summed E-state index contributed by atoms with van der Waals surface area (Å²) >= 11 is 0. The fourth-order valence-corrected chi connectivity index (χ4v) is 3.04. The number of nitrogens with one attached hydrogen (secondary N) is 1. The number of nitrogens with zero attached hydrogens (tertiary/aromatic N) is 2. The van der Waals surface area contributed by atoms with Gasteiger partial charge in [0.15, 0.2) is 0 Å². The summed E-state index contributed by atoms with van der Waals surface area (Å²) in [5.74, 6) is -2.02. The van der Waals surface area contributed by atoms with Crippen LogP contribution in [-0.2, 0) is 19.2 Å². The Morgan fingerprint density at radius 1 is 1.38 bits per heavy atom. The Morgan fingerprint density at radius 2 is 1.96 bits per heavy atom. The summed E-state index contributed by atoms with van der Waals surface area (Å²) < 4.78 is 0. The van der Waals surface area contributed by atoms with Crippen molar-refractivity contribution in [3.05, 3.63) is 0 Å². The second-order valence-corrected chi connectivity index (χ2v) is 6.40. The number of carbonyl (C=O) groups is 4. The van der Waals surface area contributed by atoms with Crippen LogP contribution in [0.4, 0.5) is 0 Å². The third kappa shape index (κ3) is 4.22. The van der Waals surface area contributed by atoms with Crippen molar-refractivity contribution < 1.29 is 24.3 Å². The zero-order chi connectivity index (χ0) is 18.7. The Bertz CT molecular complexity index is 536. The van der Waals surface area contributed by atoms with E-state index in [-0.39, 0.29) is 18.4 Å². The highest BCUT2D eigenvalue weighted by molar-refractivity contribution is 5.94. The third-order valence-corrected chi connectivity index (χ3v) is 4.31. The van der Waals surface area contributed by atoms with Gasteiger partial charge in [0.25, 0.3) is 0 Å². The summed E-state index contributed by atoms with van der Waals surface area (Å²) in [6.45, 7) is 4.61. The third-order valence-electron chi connectivity index (χ3n) is 4.31. The van der Waals surface area contributed by atoms with Crippen molar-refractivity contribution in [1.29, 1.82) is 0 Å². The van der Waals surface area contributed by atoms with Crippen LogP contribution >= 0.6 is 0 Å². The standard InChI is InChI=1S/C15H26N4O5/c1-9(20)12(13(16)23)17-11(22)8-18(4)14(24)15(3)6-5-7-19(15)10(2)21/h9,12,20H,5-8H2,1-4H3,(H2,16,23)(H,17,22)/t9-,12+,15?/m1/s1. The molecule has 136 valence electrons. The van der Waals surface area contributed by atoms with Crippen molar-refractivity contribution in [2.45, 2.75) is 51.3 Å². The number of hydrogen-bond acceptors (Lipinski definition) is 5. The molecule has 1 rings (SSSR count). The first kappa shape index (κ1) is 19.9. The van der Waals surface area contributed by atoms with Crippen LogP contribution in [0, 0.1) is 0 Å². The van der Waals surface area contributed by atoms with Gasteiger partial charge in [-0.3, -0.25) is 19.2 Å². The van der Waals surface area contributed by atoms with Crippen LogP contribution in [0.1, 0.15) is 33.6 Å². The van der Waals surface area contributed by atoms with Crippen molar-refractivity contribution in [3.63, 3.8) is 0 Å². The van der Waals surface area contributed by atoms with E-state index in [0.29, 0.717) is 19.4 Å². The zero-order valence-corrected chi connectivity index (χ0v) is 14.5. The number of nitrogens with two attached hydrogens (primary N) is 1. The fourth-order valence-electron chi connectivity index (χ4n) is 3.04. The fraction of sp³-hybridized carbons (Fsp3) is 0.733. The van der Waals surface area contributed by atoms with Crippen LogP contribution in [0.5, 0.6) is 0 Å². The summed E-state index contributed by atoms with van der Waals surface area (Å²) in [6, 6.07) is -1.23. The normalized spacial score (nSPS) is 22.6. The molecule has 0 radical (unpaired) electrons. The molecule has 24 heavy (non-hydrogen) atoms. The van der Waals surface area contributed by atoms with Gasteiger partial charge in [-0.1, -0.05) is 0 Å². The first-order chi connectivity index (χ1) is 11.0. The number of likely N-dealkylation sites (N-methyl/N-ethyl adjacent to an activating group) is 1. The van der Waals surface area contributed by atoms with E-state index in [0.717, 1.165) is 0 Å². The van der Waals surface area contributed by atoms with Gasteiger partial charge in [0.05, 0.1) is 12.6 Å². The van der Waals surface area contributed by atoms with E-state index in [1.165, 1.54) is 30.7 Å². The molecule has 1 fully saturated rings. The Hall–Kier alpha value is -2.16. The number of hydrogen-bond donors (Lipinski definition) is 3. The topological polar surface area (TPSA) is 133 Å². The maximum absolute atomic E-state index is 12.7. The Labute approximate surface area is 141 Å². The molecular formula is C15H26N4O5. The molecule has 1 heterocycles. The van der Waals surface area contributed by atoms with Crippen LogP contribution in [-0.4, -0.2) is 76.4 Å². The lowest BCUT2D eigenvalue weighted by Crippen LogP contribution is -2.58. The van der Waals surface area contributed by atoms with Crippen LogP contribution in [0.15, 0.2) is 0 Å². The quantitative estimate of drug-likeness (QED) is 0.523. The molecule has 1 aliphatic rings. The van der Waals surface area contributed by atoms with Crippen molar-refractivity contribution in [2.24, 2.45) is 5.73 Å². The lowest BCUT2D eigenvalue weighted by atomic mass is 9.97. The second-order valence-electron chi connectivity index (χ2n) is 6.40. The number of aliphatic hydroxyl groups excluding tert-OH is 1. The van der Waals surface area contributed by atoms with E-state index in [9.17, 15) is 24.3 Å². The molecule has 0 saturated carbocycles. The minimum Gasteiger partial charge on any atom is -0.391 e. The highest BCUT2D eigenvalue weighted by Crippen LogP contribution is 2.30. The van der Waals surface area contributed by atoms with E-state index in [1.807, 2.05) is 0 Å². The summed E-state index contributed by atoms with van der Waals surface area (Å²) in [7, 11) is 1.45. The average Bonchev–Trinajstić information content (AvgIpc) is 2.86. The Kier molecular flexibility index (Phi) is 6.30. The van der Waals surface area contributed by atoms with Crippen LogP contribution in [0.3, 0.4) is 0 Å². The largest absolute Gasteiger partial charge is 0.391 e.